The van der Waals surface area contributed by atoms with Crippen molar-refractivity contribution in [2.75, 3.05) is 27.4 Å². The molecule has 3 nitrogen and oxygen atoms in total. The van der Waals surface area contributed by atoms with Gasteiger partial charge in [-0.05, 0) is 13.0 Å². The van der Waals surface area contributed by atoms with Crippen molar-refractivity contribution in [3.05, 3.63) is 0 Å². The third-order valence-corrected chi connectivity index (χ3v) is 4.75. The van der Waals surface area contributed by atoms with E-state index in [1.54, 1.807) is 14.2 Å². The Balaban J connectivity index is 3.45. The lowest BCUT2D eigenvalue weighted by Crippen LogP contribution is -2.37. The van der Waals surface area contributed by atoms with Crippen LogP contribution in [-0.4, -0.2) is 36.0 Å². The van der Waals surface area contributed by atoms with Crippen molar-refractivity contribution in [3.8, 4) is 0 Å². The molecule has 0 rings (SSSR count). The molecule has 0 aliphatic carbocycles. The molecule has 74 valence electrons. The second-order valence-corrected chi connectivity index (χ2v) is 6.49. The zero-order valence-corrected chi connectivity index (χ0v) is 9.55. The fourth-order valence-corrected chi connectivity index (χ4v) is 1.88. The van der Waals surface area contributed by atoms with Crippen LogP contribution in [-0.2, 0) is 13.6 Å². The van der Waals surface area contributed by atoms with Crippen molar-refractivity contribution in [3.63, 3.8) is 0 Å². The van der Waals surface area contributed by atoms with Gasteiger partial charge in [0.1, 0.15) is 0 Å². The molecule has 4 heteroatoms. The molecule has 0 unspecified atom stereocenters. The lowest BCUT2D eigenvalue weighted by Gasteiger charge is -2.22. The Morgan fingerprint density at radius 3 is 2.08 bits per heavy atom. The van der Waals surface area contributed by atoms with Crippen LogP contribution < -0.4 is 0 Å². The summed E-state index contributed by atoms with van der Waals surface area (Å²) in [5.41, 5.74) is 0. The van der Waals surface area contributed by atoms with Gasteiger partial charge in [0.15, 0.2) is 0 Å². The zero-order valence-electron chi connectivity index (χ0n) is 8.55. The monoisotopic (exact) mass is 192 g/mol. The summed E-state index contributed by atoms with van der Waals surface area (Å²) in [5, 5.41) is 0. The summed E-state index contributed by atoms with van der Waals surface area (Å²) >= 11 is 0. The van der Waals surface area contributed by atoms with Crippen LogP contribution in [0.25, 0.3) is 0 Å². The molecule has 12 heavy (non-hydrogen) atoms. The van der Waals surface area contributed by atoms with E-state index in [9.17, 15) is 0 Å². The fourth-order valence-electron chi connectivity index (χ4n) is 0.791. The van der Waals surface area contributed by atoms with Crippen LogP contribution in [0.5, 0.6) is 0 Å². The van der Waals surface area contributed by atoms with Crippen molar-refractivity contribution in [2.45, 2.75) is 25.9 Å². The highest BCUT2D eigenvalue weighted by atomic mass is 28.4. The Bertz CT molecular complexity index is 104. The lowest BCUT2D eigenvalue weighted by atomic mass is 10.5. The molecule has 0 bridgehead atoms. The highest BCUT2D eigenvalue weighted by Gasteiger charge is 2.27. The average Bonchev–Trinajstić information content (AvgIpc) is 2.12. The van der Waals surface area contributed by atoms with E-state index in [1.165, 1.54) is 0 Å². The minimum Gasteiger partial charge on any atom is -0.398 e. The van der Waals surface area contributed by atoms with E-state index in [-0.39, 0.29) is 0 Å². The Morgan fingerprint density at radius 2 is 1.67 bits per heavy atom. The van der Waals surface area contributed by atoms with Gasteiger partial charge in [0.25, 0.3) is 0 Å². The molecule has 0 atom stereocenters. The van der Waals surface area contributed by atoms with Gasteiger partial charge in [0.2, 0.25) is 0 Å². The van der Waals surface area contributed by atoms with Crippen LogP contribution in [0.4, 0.5) is 0 Å². The zero-order chi connectivity index (χ0) is 9.45. The van der Waals surface area contributed by atoms with Crippen molar-refractivity contribution < 1.29 is 13.6 Å². The first-order valence-electron chi connectivity index (χ1n) is 4.36. The molecule has 0 aliphatic rings. The lowest BCUT2D eigenvalue weighted by molar-refractivity contribution is 0.136. The predicted octanol–water partition coefficient (Wildman–Crippen LogP) is 1.78. The second-order valence-electron chi connectivity index (χ2n) is 2.90. The van der Waals surface area contributed by atoms with Crippen molar-refractivity contribution in [2.24, 2.45) is 0 Å². The van der Waals surface area contributed by atoms with Gasteiger partial charge < -0.3 is 13.6 Å². The first kappa shape index (κ1) is 12.1. The molecule has 0 spiro atoms. The van der Waals surface area contributed by atoms with Gasteiger partial charge in [-0.2, -0.15) is 0 Å². The van der Waals surface area contributed by atoms with Crippen LogP contribution >= 0.6 is 0 Å². The van der Waals surface area contributed by atoms with Crippen LogP contribution in [0.1, 0.15) is 13.3 Å². The first-order valence-corrected chi connectivity index (χ1v) is 6.89. The summed E-state index contributed by atoms with van der Waals surface area (Å²) in [4.78, 5) is 0. The maximum absolute atomic E-state index is 5.36. The number of rotatable bonds is 7. The molecule has 0 aromatic rings. The second kappa shape index (κ2) is 6.60. The quantitative estimate of drug-likeness (QED) is 0.454. The van der Waals surface area contributed by atoms with Crippen LogP contribution in [0.2, 0.25) is 12.6 Å². The molecule has 0 radical (unpaired) electrons. The maximum Gasteiger partial charge on any atom is 0.336 e. The normalized spacial score (nSPS) is 12.0. The number of hydrogen-bond acceptors (Lipinski definition) is 3. The largest absolute Gasteiger partial charge is 0.398 e. The summed E-state index contributed by atoms with van der Waals surface area (Å²) in [5.74, 6) is 0. The first-order chi connectivity index (χ1) is 5.68. The summed E-state index contributed by atoms with van der Waals surface area (Å²) in [6.45, 7) is 5.72. The molecule has 0 saturated carbocycles. The maximum atomic E-state index is 5.36. The third-order valence-electron chi connectivity index (χ3n) is 1.91. The fraction of sp³-hybridized carbons (Fsp3) is 1.00. The predicted molar refractivity (Wildman–Crippen MR) is 51.6 cm³/mol. The van der Waals surface area contributed by atoms with Gasteiger partial charge in [0.05, 0.1) is 0 Å². The van der Waals surface area contributed by atoms with E-state index in [4.69, 9.17) is 13.6 Å². The molecular formula is C8H20O3Si. The highest BCUT2D eigenvalue weighted by molar-refractivity contribution is 6.65. The Kier molecular flexibility index (Phi) is 6.65. The van der Waals surface area contributed by atoms with E-state index in [1.807, 2.05) is 6.55 Å². The van der Waals surface area contributed by atoms with Crippen LogP contribution in [0, 0.1) is 0 Å². The molecule has 0 heterocycles. The van der Waals surface area contributed by atoms with Gasteiger partial charge in [-0.25, -0.2) is 0 Å². The van der Waals surface area contributed by atoms with Gasteiger partial charge in [0, 0.05) is 33.5 Å². The highest BCUT2D eigenvalue weighted by Crippen LogP contribution is 2.10. The van der Waals surface area contributed by atoms with Crippen LogP contribution in [0.15, 0.2) is 0 Å². The molecule has 0 aromatic heterocycles. The minimum absolute atomic E-state index is 0.748. The van der Waals surface area contributed by atoms with E-state index in [0.29, 0.717) is 0 Å². The average molecular weight is 192 g/mol. The molecular weight excluding hydrogens is 172 g/mol. The molecule has 0 aromatic carbocycles. The Morgan fingerprint density at radius 1 is 1.08 bits per heavy atom. The van der Waals surface area contributed by atoms with Gasteiger partial charge in [-0.15, -0.1) is 0 Å². The summed E-state index contributed by atoms with van der Waals surface area (Å²) < 4.78 is 16.0. The summed E-state index contributed by atoms with van der Waals surface area (Å²) in [7, 11) is 1.54. The summed E-state index contributed by atoms with van der Waals surface area (Å²) in [6.07, 6.45) is 1.07. The summed E-state index contributed by atoms with van der Waals surface area (Å²) in [6, 6.07) is 0.903. The number of ether oxygens (including phenoxy) is 1. The van der Waals surface area contributed by atoms with Crippen molar-refractivity contribution in [1.82, 2.24) is 0 Å². The van der Waals surface area contributed by atoms with E-state index < -0.39 is 8.56 Å². The van der Waals surface area contributed by atoms with Crippen molar-refractivity contribution in [1.29, 1.82) is 0 Å². The standard InChI is InChI=1S/C8H20O3Si/c1-5-6-11-7-8-12(4,9-2)10-3/h5-8H2,1-4H3. The topological polar surface area (TPSA) is 27.7 Å². The van der Waals surface area contributed by atoms with Gasteiger partial charge in [-0.1, -0.05) is 6.92 Å². The van der Waals surface area contributed by atoms with E-state index in [0.717, 1.165) is 25.7 Å². The molecule has 0 amide bonds. The van der Waals surface area contributed by atoms with Gasteiger partial charge in [-0.3, -0.25) is 0 Å². The van der Waals surface area contributed by atoms with E-state index >= 15 is 0 Å². The van der Waals surface area contributed by atoms with E-state index in [2.05, 4.69) is 6.92 Å². The van der Waals surface area contributed by atoms with Gasteiger partial charge >= 0.3 is 8.56 Å². The van der Waals surface area contributed by atoms with Crippen LogP contribution in [0.3, 0.4) is 0 Å². The number of hydrogen-bond donors (Lipinski definition) is 0. The third kappa shape index (κ3) is 4.87. The van der Waals surface area contributed by atoms with Crippen molar-refractivity contribution >= 4 is 8.56 Å². The molecule has 0 aliphatic heterocycles. The smallest absolute Gasteiger partial charge is 0.336 e. The Hall–Kier alpha value is 0.0969. The molecule has 0 saturated heterocycles. The molecule has 0 N–H and O–H groups in total. The molecule has 0 fully saturated rings. The Labute approximate surface area is 76.3 Å². The minimum atomic E-state index is -1.87. The SMILES string of the molecule is CCCOCC[Si](C)(OC)OC.